The van der Waals surface area contributed by atoms with Crippen molar-refractivity contribution in [2.45, 2.75) is 36.3 Å². The Kier molecular flexibility index (Phi) is 5.01. The van der Waals surface area contributed by atoms with E-state index in [9.17, 15) is 22.0 Å². The minimum Gasteiger partial charge on any atom is -0.351 e. The summed E-state index contributed by atoms with van der Waals surface area (Å²) in [5, 5.41) is 2.04. The molecule has 25 heavy (non-hydrogen) atoms. The van der Waals surface area contributed by atoms with Gasteiger partial charge in [0, 0.05) is 6.04 Å². The maximum absolute atomic E-state index is 13.4. The predicted molar refractivity (Wildman–Crippen MR) is 91.5 cm³/mol. The van der Waals surface area contributed by atoms with E-state index in [-0.39, 0.29) is 22.6 Å². The van der Waals surface area contributed by atoms with Crippen LogP contribution in [0.3, 0.4) is 0 Å². The standard InChI is InChI=1S/C15H17F2N3O3S2/c1-9(13(21)18-10-6-7-25(22,23)8-10)24-15-19-11-4-2-3-5-12(11)20(15)14(16)17/h2-5,9-10,14H,6-8H2,1H3,(H,18,21)/t9-,10+/m0/s1. The van der Waals surface area contributed by atoms with Gasteiger partial charge in [0.25, 0.3) is 0 Å². The molecule has 1 aromatic carbocycles. The van der Waals surface area contributed by atoms with Crippen molar-refractivity contribution in [1.82, 2.24) is 14.9 Å². The number of halogens is 2. The molecule has 0 spiro atoms. The third-order valence-corrected chi connectivity index (χ3v) is 6.82. The van der Waals surface area contributed by atoms with Gasteiger partial charge in [0.2, 0.25) is 5.91 Å². The number of alkyl halides is 2. The number of rotatable bonds is 5. The first-order chi connectivity index (χ1) is 11.8. The van der Waals surface area contributed by atoms with Gasteiger partial charge < -0.3 is 5.32 Å². The molecular formula is C15H17F2N3O3S2. The van der Waals surface area contributed by atoms with Gasteiger partial charge in [-0.2, -0.15) is 8.78 Å². The van der Waals surface area contributed by atoms with Crippen molar-refractivity contribution in [3.63, 3.8) is 0 Å². The molecule has 1 saturated heterocycles. The van der Waals surface area contributed by atoms with Crippen molar-refractivity contribution >= 4 is 38.5 Å². The number of nitrogens with zero attached hydrogens (tertiary/aromatic N) is 2. The molecule has 1 N–H and O–H groups in total. The second kappa shape index (κ2) is 6.91. The van der Waals surface area contributed by atoms with Gasteiger partial charge in [0.15, 0.2) is 15.0 Å². The minimum atomic E-state index is -3.10. The predicted octanol–water partition coefficient (Wildman–Crippen LogP) is 2.22. The first kappa shape index (κ1) is 18.1. The zero-order chi connectivity index (χ0) is 18.2. The van der Waals surface area contributed by atoms with Gasteiger partial charge in [-0.25, -0.2) is 13.4 Å². The molecule has 0 radical (unpaired) electrons. The molecule has 1 aliphatic heterocycles. The summed E-state index contributed by atoms with van der Waals surface area (Å²) in [6, 6.07) is 6.11. The number of benzene rings is 1. The number of amides is 1. The molecule has 2 aromatic rings. The molecule has 1 aliphatic rings. The fourth-order valence-corrected chi connectivity index (χ4v) is 5.34. The van der Waals surface area contributed by atoms with E-state index in [1.165, 1.54) is 0 Å². The highest BCUT2D eigenvalue weighted by Crippen LogP contribution is 2.31. The van der Waals surface area contributed by atoms with Crippen LogP contribution in [0.5, 0.6) is 0 Å². The second-order valence-electron chi connectivity index (χ2n) is 5.90. The van der Waals surface area contributed by atoms with Crippen LogP contribution < -0.4 is 5.32 Å². The van der Waals surface area contributed by atoms with E-state index >= 15 is 0 Å². The lowest BCUT2D eigenvalue weighted by molar-refractivity contribution is -0.120. The van der Waals surface area contributed by atoms with Gasteiger partial charge in [-0.05, 0) is 25.5 Å². The van der Waals surface area contributed by atoms with Crippen LogP contribution in [0.15, 0.2) is 29.4 Å². The zero-order valence-corrected chi connectivity index (χ0v) is 15.0. The summed E-state index contributed by atoms with van der Waals surface area (Å²) in [6.07, 6.45) is 0.376. The smallest absolute Gasteiger partial charge is 0.321 e. The molecule has 0 aliphatic carbocycles. The van der Waals surface area contributed by atoms with Gasteiger partial charge in [-0.1, -0.05) is 23.9 Å². The highest BCUT2D eigenvalue weighted by molar-refractivity contribution is 8.00. The van der Waals surface area contributed by atoms with E-state index < -0.39 is 27.7 Å². The van der Waals surface area contributed by atoms with Crippen LogP contribution in [-0.4, -0.2) is 46.7 Å². The number of aromatic nitrogens is 2. The van der Waals surface area contributed by atoms with Crippen LogP contribution in [0.25, 0.3) is 11.0 Å². The minimum absolute atomic E-state index is 0.0536. The Bertz CT molecular complexity index is 899. The second-order valence-corrected chi connectivity index (χ2v) is 9.44. The van der Waals surface area contributed by atoms with Crippen LogP contribution in [0.2, 0.25) is 0 Å². The summed E-state index contributed by atoms with van der Waals surface area (Å²) in [5.74, 6) is -0.410. The van der Waals surface area contributed by atoms with Crippen molar-refractivity contribution in [2.75, 3.05) is 11.5 Å². The van der Waals surface area contributed by atoms with Crippen molar-refractivity contribution in [3.05, 3.63) is 24.3 Å². The molecule has 1 fully saturated rings. The Morgan fingerprint density at radius 2 is 2.12 bits per heavy atom. The number of thioether (sulfide) groups is 1. The molecule has 0 unspecified atom stereocenters. The summed E-state index contributed by atoms with van der Waals surface area (Å²) in [6.45, 7) is -1.19. The SMILES string of the molecule is C[C@H](Sc1nc2ccccc2n1C(F)F)C(=O)N[C@@H]1CCS(=O)(=O)C1. The average Bonchev–Trinajstić information content (AvgIpc) is 3.06. The topological polar surface area (TPSA) is 81.1 Å². The fraction of sp³-hybridized carbons (Fsp3) is 0.467. The quantitative estimate of drug-likeness (QED) is 0.793. The Balaban J connectivity index is 1.74. The van der Waals surface area contributed by atoms with Crippen molar-refractivity contribution in [1.29, 1.82) is 0 Å². The molecule has 0 bridgehead atoms. The van der Waals surface area contributed by atoms with Gasteiger partial charge in [0.05, 0.1) is 27.8 Å². The lowest BCUT2D eigenvalue weighted by Crippen LogP contribution is -2.40. The van der Waals surface area contributed by atoms with E-state index in [1.807, 2.05) is 0 Å². The summed E-state index contributed by atoms with van der Waals surface area (Å²) in [5.41, 5.74) is 0.731. The lowest BCUT2D eigenvalue weighted by Gasteiger charge is -2.16. The van der Waals surface area contributed by atoms with E-state index in [2.05, 4.69) is 10.3 Å². The van der Waals surface area contributed by atoms with Crippen molar-refractivity contribution in [2.24, 2.45) is 0 Å². The number of hydrogen-bond acceptors (Lipinski definition) is 5. The van der Waals surface area contributed by atoms with Crippen molar-refractivity contribution in [3.8, 4) is 0 Å². The first-order valence-corrected chi connectivity index (χ1v) is 10.4. The maximum atomic E-state index is 13.4. The molecule has 136 valence electrons. The Labute approximate surface area is 147 Å². The van der Waals surface area contributed by atoms with E-state index in [0.29, 0.717) is 17.5 Å². The number of imidazole rings is 1. The summed E-state index contributed by atoms with van der Waals surface area (Å²) < 4.78 is 50.5. The molecule has 10 heteroatoms. The number of para-hydroxylation sites is 2. The van der Waals surface area contributed by atoms with E-state index in [4.69, 9.17) is 0 Å². The third-order valence-electron chi connectivity index (χ3n) is 3.99. The maximum Gasteiger partial charge on any atom is 0.321 e. The van der Waals surface area contributed by atoms with Gasteiger partial charge in [-0.3, -0.25) is 9.36 Å². The molecule has 2 heterocycles. The van der Waals surface area contributed by atoms with Crippen LogP contribution >= 0.6 is 11.8 Å². The molecule has 1 aromatic heterocycles. The molecule has 2 atom stereocenters. The molecule has 1 amide bonds. The molecule has 0 saturated carbocycles. The third kappa shape index (κ3) is 3.95. The van der Waals surface area contributed by atoms with Crippen LogP contribution in [0.1, 0.15) is 19.9 Å². The summed E-state index contributed by atoms with van der Waals surface area (Å²) in [4.78, 5) is 16.4. The van der Waals surface area contributed by atoms with Gasteiger partial charge >= 0.3 is 6.55 Å². The van der Waals surface area contributed by atoms with Crippen LogP contribution in [0.4, 0.5) is 8.78 Å². The number of carbonyl (C=O) groups excluding carboxylic acids is 1. The molecule has 3 rings (SSSR count). The molecule has 6 nitrogen and oxygen atoms in total. The largest absolute Gasteiger partial charge is 0.351 e. The van der Waals surface area contributed by atoms with E-state index in [0.717, 1.165) is 16.3 Å². The highest BCUT2D eigenvalue weighted by atomic mass is 32.2. The number of nitrogens with one attached hydrogen (secondary N) is 1. The van der Waals surface area contributed by atoms with Crippen molar-refractivity contribution < 1.29 is 22.0 Å². The zero-order valence-electron chi connectivity index (χ0n) is 13.4. The number of carbonyl (C=O) groups is 1. The summed E-state index contributed by atoms with van der Waals surface area (Å²) in [7, 11) is -3.10. The fourth-order valence-electron chi connectivity index (χ4n) is 2.73. The Morgan fingerprint density at radius 3 is 2.76 bits per heavy atom. The van der Waals surface area contributed by atoms with Gasteiger partial charge in [-0.15, -0.1) is 0 Å². The van der Waals surface area contributed by atoms with Crippen LogP contribution in [0, 0.1) is 0 Å². The van der Waals surface area contributed by atoms with Crippen LogP contribution in [-0.2, 0) is 14.6 Å². The first-order valence-electron chi connectivity index (χ1n) is 7.69. The monoisotopic (exact) mass is 389 g/mol. The summed E-state index contributed by atoms with van der Waals surface area (Å²) >= 11 is 0.926. The number of sulfone groups is 1. The highest BCUT2D eigenvalue weighted by Gasteiger charge is 2.31. The normalized spacial score (nSPS) is 20.9. The average molecular weight is 389 g/mol. The van der Waals surface area contributed by atoms with Gasteiger partial charge in [0.1, 0.15) is 0 Å². The Morgan fingerprint density at radius 1 is 1.40 bits per heavy atom. The molecular weight excluding hydrogens is 372 g/mol. The van der Waals surface area contributed by atoms with E-state index in [1.54, 1.807) is 31.2 Å². The Hall–Kier alpha value is -1.68. The number of hydrogen-bond donors (Lipinski definition) is 1. The number of fused-ring (bicyclic) bond motifs is 1. The lowest BCUT2D eigenvalue weighted by atomic mass is 10.2.